The van der Waals surface area contributed by atoms with Crippen molar-refractivity contribution in [1.82, 2.24) is 10.6 Å². The van der Waals surface area contributed by atoms with Gasteiger partial charge in [0.05, 0.1) is 0 Å². The van der Waals surface area contributed by atoms with Crippen molar-refractivity contribution in [2.24, 2.45) is 0 Å². The lowest BCUT2D eigenvalue weighted by Gasteiger charge is -2.18. The van der Waals surface area contributed by atoms with E-state index in [4.69, 9.17) is 0 Å². The predicted molar refractivity (Wildman–Crippen MR) is 42.6 cm³/mol. The highest BCUT2D eigenvalue weighted by Crippen LogP contribution is 2.22. The summed E-state index contributed by atoms with van der Waals surface area (Å²) in [6, 6.07) is -1.32. The van der Waals surface area contributed by atoms with Gasteiger partial charge in [0.1, 0.15) is 6.04 Å². The molecule has 0 aromatic heterocycles. The van der Waals surface area contributed by atoms with Gasteiger partial charge in [-0.2, -0.15) is 13.2 Å². The van der Waals surface area contributed by atoms with E-state index in [0.29, 0.717) is 19.6 Å². The second-order valence-electron chi connectivity index (χ2n) is 2.59. The van der Waals surface area contributed by atoms with E-state index in [9.17, 15) is 13.2 Å². The van der Waals surface area contributed by atoms with Crippen molar-refractivity contribution in [2.45, 2.75) is 18.6 Å². The van der Waals surface area contributed by atoms with E-state index in [1.165, 1.54) is 0 Å². The Kier molecular flexibility index (Phi) is 4.89. The molecular weight excluding hydrogens is 193 g/mol. The second kappa shape index (κ2) is 4.89. The zero-order valence-corrected chi connectivity index (χ0v) is 7.26. The minimum Gasteiger partial charge on any atom is -0.315 e. The highest BCUT2D eigenvalue weighted by molar-refractivity contribution is 5.85. The Labute approximate surface area is 75.3 Å². The van der Waals surface area contributed by atoms with Crippen molar-refractivity contribution in [3.05, 3.63) is 0 Å². The van der Waals surface area contributed by atoms with Crippen molar-refractivity contribution in [2.75, 3.05) is 19.6 Å². The van der Waals surface area contributed by atoms with Gasteiger partial charge in [-0.1, -0.05) is 0 Å². The molecule has 0 saturated carbocycles. The first kappa shape index (κ1) is 12.0. The second-order valence-corrected chi connectivity index (χ2v) is 2.59. The molecule has 1 rings (SSSR count). The smallest absolute Gasteiger partial charge is 0.315 e. The van der Waals surface area contributed by atoms with Gasteiger partial charge < -0.3 is 10.6 Å². The molecule has 0 amide bonds. The maximum atomic E-state index is 12.0. The van der Waals surface area contributed by atoms with Crippen LogP contribution in [0, 0.1) is 0 Å². The number of alkyl halides is 3. The molecule has 1 atom stereocenters. The van der Waals surface area contributed by atoms with Crippen LogP contribution < -0.4 is 10.6 Å². The molecule has 0 aromatic rings. The lowest BCUT2D eigenvalue weighted by Crippen LogP contribution is -2.42. The van der Waals surface area contributed by atoms with E-state index >= 15 is 0 Å². The summed E-state index contributed by atoms with van der Waals surface area (Å²) >= 11 is 0. The summed E-state index contributed by atoms with van der Waals surface area (Å²) in [6.07, 6.45) is -3.96. The van der Waals surface area contributed by atoms with Crippen molar-refractivity contribution in [3.63, 3.8) is 0 Å². The van der Waals surface area contributed by atoms with Crippen LogP contribution in [0.2, 0.25) is 0 Å². The molecule has 74 valence electrons. The molecule has 2 nitrogen and oxygen atoms in total. The molecule has 6 heteroatoms. The summed E-state index contributed by atoms with van der Waals surface area (Å²) in [5.41, 5.74) is 0. The van der Waals surface area contributed by atoms with Crippen LogP contribution in [0.1, 0.15) is 6.42 Å². The first-order valence-corrected chi connectivity index (χ1v) is 3.61. The summed E-state index contributed by atoms with van der Waals surface area (Å²) in [4.78, 5) is 0. The molecule has 1 unspecified atom stereocenters. The van der Waals surface area contributed by atoms with Gasteiger partial charge in [0.2, 0.25) is 0 Å². The fourth-order valence-corrected chi connectivity index (χ4v) is 1.09. The van der Waals surface area contributed by atoms with E-state index in [1.807, 2.05) is 0 Å². The van der Waals surface area contributed by atoms with Crippen LogP contribution in [-0.4, -0.2) is 31.9 Å². The molecule has 0 aromatic carbocycles. The highest BCUT2D eigenvalue weighted by Gasteiger charge is 2.38. The summed E-state index contributed by atoms with van der Waals surface area (Å²) in [5.74, 6) is 0. The van der Waals surface area contributed by atoms with E-state index in [0.717, 1.165) is 0 Å². The van der Waals surface area contributed by atoms with Crippen LogP contribution in [0.15, 0.2) is 0 Å². The van der Waals surface area contributed by atoms with Gasteiger partial charge in [-0.05, 0) is 13.0 Å². The van der Waals surface area contributed by atoms with Crippen molar-refractivity contribution < 1.29 is 13.2 Å². The molecule has 1 saturated heterocycles. The topological polar surface area (TPSA) is 24.1 Å². The SMILES string of the molecule is Cl.FC(F)(F)C1CCNCCN1. The van der Waals surface area contributed by atoms with Crippen molar-refractivity contribution >= 4 is 12.4 Å². The number of hydrogen-bond donors (Lipinski definition) is 2. The first-order chi connectivity index (χ1) is 5.11. The van der Waals surface area contributed by atoms with Gasteiger partial charge >= 0.3 is 6.18 Å². The fraction of sp³-hybridized carbons (Fsp3) is 1.00. The Balaban J connectivity index is 0.00000121. The van der Waals surface area contributed by atoms with Crippen LogP contribution in [0.5, 0.6) is 0 Å². The Morgan fingerprint density at radius 3 is 2.33 bits per heavy atom. The third-order valence-corrected chi connectivity index (χ3v) is 1.70. The number of halogens is 4. The molecule has 0 aliphatic carbocycles. The lowest BCUT2D eigenvalue weighted by atomic mass is 10.2. The average molecular weight is 205 g/mol. The third-order valence-electron chi connectivity index (χ3n) is 1.70. The monoisotopic (exact) mass is 204 g/mol. The van der Waals surface area contributed by atoms with Crippen LogP contribution in [-0.2, 0) is 0 Å². The molecule has 1 aliphatic heterocycles. The first-order valence-electron chi connectivity index (χ1n) is 3.61. The fourth-order valence-electron chi connectivity index (χ4n) is 1.09. The number of rotatable bonds is 0. The van der Waals surface area contributed by atoms with Crippen LogP contribution in [0.3, 0.4) is 0 Å². The van der Waals surface area contributed by atoms with Gasteiger partial charge in [0.15, 0.2) is 0 Å². The van der Waals surface area contributed by atoms with Crippen LogP contribution in [0.4, 0.5) is 13.2 Å². The van der Waals surface area contributed by atoms with Crippen molar-refractivity contribution in [3.8, 4) is 0 Å². The molecular formula is C6H12ClF3N2. The Morgan fingerprint density at radius 1 is 1.08 bits per heavy atom. The quantitative estimate of drug-likeness (QED) is 0.613. The standard InChI is InChI=1S/C6H11F3N2.ClH/c7-6(8,9)5-1-2-10-3-4-11-5;/h5,10-11H,1-4H2;1H. The summed E-state index contributed by atoms with van der Waals surface area (Å²) in [5, 5.41) is 5.32. The minimum absolute atomic E-state index is 0. The van der Waals surface area contributed by atoms with Gasteiger partial charge in [0.25, 0.3) is 0 Å². The van der Waals surface area contributed by atoms with Gasteiger partial charge in [0, 0.05) is 13.1 Å². The van der Waals surface area contributed by atoms with Crippen LogP contribution >= 0.6 is 12.4 Å². The number of hydrogen-bond acceptors (Lipinski definition) is 2. The molecule has 1 fully saturated rings. The van der Waals surface area contributed by atoms with Gasteiger partial charge in [-0.3, -0.25) is 0 Å². The Morgan fingerprint density at radius 2 is 1.75 bits per heavy atom. The highest BCUT2D eigenvalue weighted by atomic mass is 35.5. The van der Waals surface area contributed by atoms with E-state index in [1.54, 1.807) is 0 Å². The maximum absolute atomic E-state index is 12.0. The zero-order chi connectivity index (χ0) is 8.32. The maximum Gasteiger partial charge on any atom is 0.403 e. The van der Waals surface area contributed by atoms with E-state index < -0.39 is 12.2 Å². The summed E-state index contributed by atoms with van der Waals surface area (Å²) in [7, 11) is 0. The molecule has 0 spiro atoms. The van der Waals surface area contributed by atoms with Gasteiger partial charge in [-0.25, -0.2) is 0 Å². The van der Waals surface area contributed by atoms with Crippen LogP contribution in [0.25, 0.3) is 0 Å². The van der Waals surface area contributed by atoms with Gasteiger partial charge in [-0.15, -0.1) is 12.4 Å². The molecule has 1 aliphatic rings. The molecule has 1 heterocycles. The zero-order valence-electron chi connectivity index (χ0n) is 6.45. The Hall–Kier alpha value is -0.0000000000000000416. The third kappa shape index (κ3) is 3.60. The lowest BCUT2D eigenvalue weighted by molar-refractivity contribution is -0.155. The molecule has 12 heavy (non-hydrogen) atoms. The Bertz CT molecular complexity index is 120. The normalized spacial score (nSPS) is 25.8. The molecule has 2 N–H and O–H groups in total. The minimum atomic E-state index is -4.09. The van der Waals surface area contributed by atoms with E-state index in [2.05, 4.69) is 10.6 Å². The predicted octanol–water partition coefficient (Wildman–Crippen LogP) is 0.922. The molecule has 0 radical (unpaired) electrons. The summed E-state index contributed by atoms with van der Waals surface area (Å²) < 4.78 is 36.1. The number of nitrogens with one attached hydrogen (secondary N) is 2. The van der Waals surface area contributed by atoms with Crippen molar-refractivity contribution in [1.29, 1.82) is 0 Å². The largest absolute Gasteiger partial charge is 0.403 e. The summed E-state index contributed by atoms with van der Waals surface area (Å²) in [6.45, 7) is 1.45. The molecule has 0 bridgehead atoms. The van der Waals surface area contributed by atoms with E-state index in [-0.39, 0.29) is 18.8 Å². The average Bonchev–Trinajstić information content (AvgIpc) is 2.10.